The van der Waals surface area contributed by atoms with Crippen LogP contribution in [0.4, 0.5) is 0 Å². The Morgan fingerprint density at radius 2 is 1.90 bits per heavy atom. The van der Waals surface area contributed by atoms with Crippen molar-refractivity contribution in [1.82, 2.24) is 0 Å². The Morgan fingerprint density at radius 3 is 2.52 bits per heavy atom. The molecule has 2 rings (SSSR count). The first-order valence-corrected chi connectivity index (χ1v) is 9.97. The molecule has 1 aliphatic rings. The number of benzene rings is 1. The summed E-state index contributed by atoms with van der Waals surface area (Å²) in [6.45, 7) is 2.30. The quantitative estimate of drug-likeness (QED) is 0.731. The van der Waals surface area contributed by atoms with Gasteiger partial charge in [-0.25, -0.2) is 8.42 Å². The summed E-state index contributed by atoms with van der Waals surface area (Å²) in [5, 5.41) is 0.542. The van der Waals surface area contributed by atoms with Crippen LogP contribution in [0.3, 0.4) is 0 Å². The van der Waals surface area contributed by atoms with Crippen molar-refractivity contribution in [2.75, 3.05) is 12.4 Å². The van der Waals surface area contributed by atoms with Crippen molar-refractivity contribution in [3.63, 3.8) is 0 Å². The van der Waals surface area contributed by atoms with Gasteiger partial charge in [0.1, 0.15) is 5.75 Å². The number of aryl methyl sites for hydroxylation is 1. The lowest BCUT2D eigenvalue weighted by atomic mass is 9.76. The van der Waals surface area contributed by atoms with E-state index < -0.39 is 14.5 Å². The molecule has 0 radical (unpaired) electrons. The zero-order chi connectivity index (χ0) is 15.5. The van der Waals surface area contributed by atoms with Crippen molar-refractivity contribution >= 4 is 31.3 Å². The predicted molar refractivity (Wildman–Crippen MR) is 86.8 cm³/mol. The van der Waals surface area contributed by atoms with Crippen LogP contribution in [-0.4, -0.2) is 20.8 Å². The average Bonchev–Trinajstić information content (AvgIpc) is 2.39. The van der Waals surface area contributed by atoms with E-state index in [0.29, 0.717) is 17.4 Å². The van der Waals surface area contributed by atoms with Crippen LogP contribution in [0.2, 0.25) is 5.02 Å². The van der Waals surface area contributed by atoms with Gasteiger partial charge in [-0.15, -0.1) is 0 Å². The first-order chi connectivity index (χ1) is 9.80. The highest BCUT2D eigenvalue weighted by atomic mass is 35.7. The smallest absolute Gasteiger partial charge is 0.233 e. The summed E-state index contributed by atoms with van der Waals surface area (Å²) in [6, 6.07) is 5.57. The molecule has 1 fully saturated rings. The van der Waals surface area contributed by atoms with Gasteiger partial charge < -0.3 is 4.74 Å². The van der Waals surface area contributed by atoms with Crippen molar-refractivity contribution in [2.24, 2.45) is 5.41 Å². The topological polar surface area (TPSA) is 43.4 Å². The molecule has 0 unspecified atom stereocenters. The minimum absolute atomic E-state index is 0.0367. The maximum absolute atomic E-state index is 11.5. The number of hydrogen-bond acceptors (Lipinski definition) is 3. The van der Waals surface area contributed by atoms with E-state index in [9.17, 15) is 8.42 Å². The van der Waals surface area contributed by atoms with Gasteiger partial charge in [-0.05, 0) is 37.5 Å². The van der Waals surface area contributed by atoms with Gasteiger partial charge in [0.25, 0.3) is 0 Å². The normalized spacial score (nSPS) is 18.4. The van der Waals surface area contributed by atoms with Crippen LogP contribution in [0.25, 0.3) is 0 Å². The maximum atomic E-state index is 11.5. The zero-order valence-electron chi connectivity index (χ0n) is 12.1. The molecule has 1 aliphatic carbocycles. The van der Waals surface area contributed by atoms with Crippen molar-refractivity contribution in [3.8, 4) is 5.75 Å². The van der Waals surface area contributed by atoms with Crippen molar-refractivity contribution in [1.29, 1.82) is 0 Å². The second kappa shape index (κ2) is 6.76. The lowest BCUT2D eigenvalue weighted by Gasteiger charge is -2.36. The third-order valence-corrected chi connectivity index (χ3v) is 5.61. The Morgan fingerprint density at radius 1 is 1.24 bits per heavy atom. The first kappa shape index (κ1) is 16.9. The fourth-order valence-electron chi connectivity index (χ4n) is 2.95. The molecule has 3 nitrogen and oxygen atoms in total. The van der Waals surface area contributed by atoms with E-state index in [1.54, 1.807) is 6.07 Å². The second-order valence-electron chi connectivity index (χ2n) is 5.97. The van der Waals surface area contributed by atoms with Gasteiger partial charge in [-0.2, -0.15) is 0 Å². The number of rotatable bonds is 5. The average molecular weight is 351 g/mol. The summed E-state index contributed by atoms with van der Waals surface area (Å²) in [7, 11) is 1.94. The molecule has 0 amide bonds. The molecule has 0 aromatic heterocycles. The summed E-state index contributed by atoms with van der Waals surface area (Å²) in [4.78, 5) is 0. The van der Waals surface area contributed by atoms with Gasteiger partial charge >= 0.3 is 0 Å². The van der Waals surface area contributed by atoms with E-state index in [1.165, 1.54) is 0 Å². The molecule has 0 N–H and O–H groups in total. The molecule has 0 spiro atoms. The van der Waals surface area contributed by atoms with Crippen LogP contribution in [0.1, 0.15) is 37.7 Å². The summed E-state index contributed by atoms with van der Waals surface area (Å²) < 4.78 is 28.9. The fraction of sp³-hybridized carbons (Fsp3) is 0.600. The van der Waals surface area contributed by atoms with Gasteiger partial charge in [0, 0.05) is 16.1 Å². The van der Waals surface area contributed by atoms with Crippen LogP contribution in [0.5, 0.6) is 5.75 Å². The minimum atomic E-state index is -3.55. The van der Waals surface area contributed by atoms with E-state index in [-0.39, 0.29) is 5.75 Å². The molecule has 0 aliphatic heterocycles. The highest BCUT2D eigenvalue weighted by molar-refractivity contribution is 8.13. The monoisotopic (exact) mass is 350 g/mol. The Labute approximate surface area is 136 Å². The molecule has 0 bridgehead atoms. The molecular formula is C15H20Cl2O3S. The molecule has 0 atom stereocenters. The van der Waals surface area contributed by atoms with E-state index in [1.807, 2.05) is 19.1 Å². The second-order valence-corrected chi connectivity index (χ2v) is 9.15. The standard InChI is InChI=1S/C15H20Cl2O3S/c1-12-5-6-13(16)14(9-12)20-10-15(11-21(17,18)19)7-3-2-4-8-15/h5-6,9H,2-4,7-8,10-11H2,1H3. The third-order valence-electron chi connectivity index (χ3n) is 4.01. The van der Waals surface area contributed by atoms with Crippen LogP contribution < -0.4 is 4.74 Å². The van der Waals surface area contributed by atoms with Crippen molar-refractivity contribution in [2.45, 2.75) is 39.0 Å². The molecule has 0 saturated heterocycles. The Balaban J connectivity index is 2.14. The summed E-state index contributed by atoms with van der Waals surface area (Å²) in [5.74, 6) is 0.568. The van der Waals surface area contributed by atoms with Crippen molar-refractivity contribution in [3.05, 3.63) is 28.8 Å². The lowest BCUT2D eigenvalue weighted by molar-refractivity contribution is 0.119. The van der Waals surface area contributed by atoms with Gasteiger partial charge in [0.05, 0.1) is 17.4 Å². The molecule has 6 heteroatoms. The lowest BCUT2D eigenvalue weighted by Crippen LogP contribution is -2.36. The largest absolute Gasteiger partial charge is 0.491 e. The van der Waals surface area contributed by atoms with Gasteiger partial charge in [0.2, 0.25) is 9.05 Å². The van der Waals surface area contributed by atoms with E-state index >= 15 is 0 Å². The SMILES string of the molecule is Cc1ccc(Cl)c(OCC2(CS(=O)(=O)Cl)CCCCC2)c1. The molecular weight excluding hydrogens is 331 g/mol. The number of halogens is 2. The van der Waals surface area contributed by atoms with Crippen LogP contribution in [-0.2, 0) is 9.05 Å². The summed E-state index contributed by atoms with van der Waals surface area (Å²) in [6.07, 6.45) is 4.80. The van der Waals surface area contributed by atoms with Crippen LogP contribution in [0, 0.1) is 12.3 Å². The van der Waals surface area contributed by atoms with Crippen LogP contribution >= 0.6 is 22.3 Å². The van der Waals surface area contributed by atoms with Gasteiger partial charge in [-0.1, -0.05) is 36.9 Å². The van der Waals surface area contributed by atoms with E-state index in [2.05, 4.69) is 0 Å². The Bertz CT molecular complexity index is 593. The molecule has 0 heterocycles. The molecule has 21 heavy (non-hydrogen) atoms. The molecule has 1 aromatic rings. The maximum Gasteiger partial charge on any atom is 0.233 e. The predicted octanol–water partition coefficient (Wildman–Crippen LogP) is 4.55. The van der Waals surface area contributed by atoms with E-state index in [0.717, 1.165) is 37.7 Å². The number of ether oxygens (including phenoxy) is 1. The molecule has 1 saturated carbocycles. The summed E-state index contributed by atoms with van der Waals surface area (Å²) >= 11 is 6.12. The minimum Gasteiger partial charge on any atom is -0.491 e. The first-order valence-electron chi connectivity index (χ1n) is 7.11. The van der Waals surface area contributed by atoms with Gasteiger partial charge in [0.15, 0.2) is 0 Å². The van der Waals surface area contributed by atoms with Gasteiger partial charge in [-0.3, -0.25) is 0 Å². The third kappa shape index (κ3) is 5.04. The Kier molecular flexibility index (Phi) is 5.44. The summed E-state index contributed by atoms with van der Waals surface area (Å²) in [5.41, 5.74) is 0.656. The van der Waals surface area contributed by atoms with Crippen molar-refractivity contribution < 1.29 is 13.2 Å². The number of hydrogen-bond donors (Lipinski definition) is 0. The van der Waals surface area contributed by atoms with E-state index in [4.69, 9.17) is 27.0 Å². The molecule has 118 valence electrons. The fourth-order valence-corrected chi connectivity index (χ4v) is 4.92. The highest BCUT2D eigenvalue weighted by Crippen LogP contribution is 2.39. The highest BCUT2D eigenvalue weighted by Gasteiger charge is 2.37. The molecule has 1 aromatic carbocycles. The zero-order valence-corrected chi connectivity index (χ0v) is 14.4. The Hall–Kier alpha value is -0.450. The van der Waals surface area contributed by atoms with Crippen LogP contribution in [0.15, 0.2) is 18.2 Å².